The van der Waals surface area contributed by atoms with E-state index in [4.69, 9.17) is 5.73 Å². The van der Waals surface area contributed by atoms with E-state index in [1.54, 1.807) is 12.1 Å². The highest BCUT2D eigenvalue weighted by molar-refractivity contribution is 5.93. The van der Waals surface area contributed by atoms with Crippen LogP contribution in [-0.4, -0.2) is 5.91 Å². The number of rotatable bonds is 2. The molecule has 128 valence electrons. The number of benzene rings is 2. The Kier molecular flexibility index (Phi) is 4.13. The van der Waals surface area contributed by atoms with Gasteiger partial charge in [-0.05, 0) is 64.8 Å². The van der Waals surface area contributed by atoms with Gasteiger partial charge in [0.1, 0.15) is 0 Å². The van der Waals surface area contributed by atoms with Crippen LogP contribution in [0.25, 0.3) is 22.3 Å². The Balaban J connectivity index is 2.05. The largest absolute Gasteiger partial charge is 0.365 e. The first-order valence-corrected chi connectivity index (χ1v) is 8.80. The molecule has 26 heavy (non-hydrogen) atoms. The maximum atomic E-state index is 12.4. The standard InChI is InChI=1S/C23H19NO2/c24-23(26)20-13-12-19-17(14-21(20)25)10-4-8-16-9-5-11-18(22(16)19)15-6-2-1-3-7-15/h1-3,5-7,9,11-14H,4,8,10H2,(H2,24,26). The van der Waals surface area contributed by atoms with Gasteiger partial charge >= 0.3 is 0 Å². The molecule has 0 saturated carbocycles. The van der Waals surface area contributed by atoms with Gasteiger partial charge in [-0.1, -0.05) is 54.6 Å². The summed E-state index contributed by atoms with van der Waals surface area (Å²) in [6, 6.07) is 21.6. The van der Waals surface area contributed by atoms with Crippen LogP contribution in [0.5, 0.6) is 0 Å². The zero-order valence-corrected chi connectivity index (χ0v) is 14.4. The summed E-state index contributed by atoms with van der Waals surface area (Å²) < 4.78 is 0. The molecule has 0 aromatic heterocycles. The Morgan fingerprint density at radius 2 is 1.58 bits per heavy atom. The molecule has 0 atom stereocenters. The Bertz CT molecular complexity index is 1060. The molecule has 3 heteroatoms. The molecule has 1 amide bonds. The first kappa shape index (κ1) is 16.3. The molecule has 0 radical (unpaired) electrons. The molecule has 2 N–H and O–H groups in total. The molecule has 0 spiro atoms. The first-order valence-electron chi connectivity index (χ1n) is 8.80. The highest BCUT2D eigenvalue weighted by atomic mass is 16.2. The van der Waals surface area contributed by atoms with Gasteiger partial charge in [0.05, 0.1) is 5.56 Å². The number of amides is 1. The van der Waals surface area contributed by atoms with Gasteiger partial charge in [0.15, 0.2) is 5.43 Å². The van der Waals surface area contributed by atoms with E-state index in [9.17, 15) is 9.59 Å². The molecule has 4 rings (SSSR count). The number of primary amides is 1. The van der Waals surface area contributed by atoms with Gasteiger partial charge in [0.2, 0.25) is 0 Å². The van der Waals surface area contributed by atoms with Gasteiger partial charge in [-0.3, -0.25) is 9.59 Å². The van der Waals surface area contributed by atoms with Crippen molar-refractivity contribution in [1.82, 2.24) is 0 Å². The maximum absolute atomic E-state index is 12.4. The number of carbonyl (C=O) groups excluding carboxylic acids is 1. The second-order valence-electron chi connectivity index (χ2n) is 6.62. The van der Waals surface area contributed by atoms with Crippen molar-refractivity contribution in [2.75, 3.05) is 0 Å². The van der Waals surface area contributed by atoms with Gasteiger partial charge < -0.3 is 5.73 Å². The lowest BCUT2D eigenvalue weighted by molar-refractivity contribution is 0.0999. The number of carbonyl (C=O) groups is 1. The smallest absolute Gasteiger partial charge is 0.252 e. The van der Waals surface area contributed by atoms with Crippen molar-refractivity contribution < 1.29 is 4.79 Å². The molecule has 1 aliphatic rings. The third-order valence-corrected chi connectivity index (χ3v) is 5.00. The fraction of sp³-hybridized carbons (Fsp3) is 0.130. The lowest BCUT2D eigenvalue weighted by Crippen LogP contribution is -2.19. The van der Waals surface area contributed by atoms with Crippen molar-refractivity contribution in [3.63, 3.8) is 0 Å². The van der Waals surface area contributed by atoms with E-state index in [-0.39, 0.29) is 11.0 Å². The summed E-state index contributed by atoms with van der Waals surface area (Å²) in [4.78, 5) is 24.0. The molecule has 0 fully saturated rings. The lowest BCUT2D eigenvalue weighted by Gasteiger charge is -2.14. The second kappa shape index (κ2) is 6.60. The van der Waals surface area contributed by atoms with Crippen molar-refractivity contribution in [3.8, 4) is 22.3 Å². The molecule has 0 aliphatic heterocycles. The summed E-state index contributed by atoms with van der Waals surface area (Å²) in [5.74, 6) is -0.684. The quantitative estimate of drug-likeness (QED) is 0.767. The van der Waals surface area contributed by atoms with Gasteiger partial charge in [-0.25, -0.2) is 0 Å². The van der Waals surface area contributed by atoms with Crippen LogP contribution < -0.4 is 11.2 Å². The maximum Gasteiger partial charge on any atom is 0.252 e. The van der Waals surface area contributed by atoms with Crippen molar-refractivity contribution in [2.45, 2.75) is 19.3 Å². The molecule has 0 unspecified atom stereocenters. The van der Waals surface area contributed by atoms with E-state index in [1.807, 2.05) is 24.3 Å². The fourth-order valence-electron chi connectivity index (χ4n) is 3.78. The zero-order valence-electron chi connectivity index (χ0n) is 14.4. The third kappa shape index (κ3) is 2.82. The van der Waals surface area contributed by atoms with Gasteiger partial charge in [-0.2, -0.15) is 0 Å². The summed E-state index contributed by atoms with van der Waals surface area (Å²) in [7, 11) is 0. The fourth-order valence-corrected chi connectivity index (χ4v) is 3.78. The number of hydrogen-bond donors (Lipinski definition) is 1. The SMILES string of the molecule is NC(=O)c1ccc2c(cc1=O)CCCc1cccc(-c3ccccc3)c1-2. The average molecular weight is 341 g/mol. The number of nitrogens with two attached hydrogens (primary N) is 1. The molecule has 0 bridgehead atoms. The first-order chi connectivity index (χ1) is 12.6. The van der Waals surface area contributed by atoms with Crippen LogP contribution in [0.1, 0.15) is 27.9 Å². The van der Waals surface area contributed by atoms with Gasteiger partial charge in [-0.15, -0.1) is 0 Å². The molecular weight excluding hydrogens is 322 g/mol. The zero-order chi connectivity index (χ0) is 18.1. The molecule has 3 aromatic rings. The normalized spacial score (nSPS) is 12.6. The highest BCUT2D eigenvalue weighted by Gasteiger charge is 2.19. The van der Waals surface area contributed by atoms with Crippen molar-refractivity contribution in [1.29, 1.82) is 0 Å². The van der Waals surface area contributed by atoms with Crippen LogP contribution in [0.4, 0.5) is 0 Å². The van der Waals surface area contributed by atoms with E-state index in [1.165, 1.54) is 5.56 Å². The number of hydrogen-bond acceptors (Lipinski definition) is 2. The van der Waals surface area contributed by atoms with Crippen molar-refractivity contribution >= 4 is 5.91 Å². The Labute approximate surface area is 152 Å². The number of fused-ring (bicyclic) bond motifs is 3. The monoisotopic (exact) mass is 341 g/mol. The predicted molar refractivity (Wildman–Crippen MR) is 104 cm³/mol. The third-order valence-electron chi connectivity index (χ3n) is 5.00. The van der Waals surface area contributed by atoms with E-state index in [0.717, 1.165) is 47.1 Å². The van der Waals surface area contributed by atoms with Gasteiger partial charge in [0.25, 0.3) is 5.91 Å². The summed E-state index contributed by atoms with van der Waals surface area (Å²) in [5, 5.41) is 0. The summed E-state index contributed by atoms with van der Waals surface area (Å²) in [6.07, 6.45) is 2.74. The van der Waals surface area contributed by atoms with E-state index < -0.39 is 5.91 Å². The Morgan fingerprint density at radius 3 is 2.35 bits per heavy atom. The van der Waals surface area contributed by atoms with Crippen molar-refractivity contribution in [3.05, 3.63) is 93.6 Å². The van der Waals surface area contributed by atoms with Crippen LogP contribution >= 0.6 is 0 Å². The van der Waals surface area contributed by atoms with Crippen LogP contribution in [0.15, 0.2) is 71.5 Å². The topological polar surface area (TPSA) is 60.2 Å². The Morgan fingerprint density at radius 1 is 0.808 bits per heavy atom. The highest BCUT2D eigenvalue weighted by Crippen LogP contribution is 2.39. The molecule has 0 saturated heterocycles. The van der Waals surface area contributed by atoms with E-state index in [2.05, 4.69) is 30.3 Å². The summed E-state index contributed by atoms with van der Waals surface area (Å²) in [6.45, 7) is 0. The minimum absolute atomic E-state index is 0.0387. The number of aryl methyl sites for hydroxylation is 2. The lowest BCUT2D eigenvalue weighted by atomic mass is 9.90. The Hall–Kier alpha value is -3.20. The minimum Gasteiger partial charge on any atom is -0.365 e. The minimum atomic E-state index is -0.684. The molecule has 0 heterocycles. The summed E-state index contributed by atoms with van der Waals surface area (Å²) >= 11 is 0. The van der Waals surface area contributed by atoms with Crippen LogP contribution in [0.3, 0.4) is 0 Å². The van der Waals surface area contributed by atoms with E-state index >= 15 is 0 Å². The predicted octanol–water partition coefficient (Wildman–Crippen LogP) is 3.97. The average Bonchev–Trinajstić information content (AvgIpc) is 2.91. The second-order valence-corrected chi connectivity index (χ2v) is 6.62. The van der Waals surface area contributed by atoms with Crippen LogP contribution in [0.2, 0.25) is 0 Å². The molecular formula is C23H19NO2. The van der Waals surface area contributed by atoms with Gasteiger partial charge in [0, 0.05) is 0 Å². The van der Waals surface area contributed by atoms with Crippen LogP contribution in [-0.2, 0) is 12.8 Å². The molecule has 3 nitrogen and oxygen atoms in total. The van der Waals surface area contributed by atoms with E-state index in [0.29, 0.717) is 0 Å². The van der Waals surface area contributed by atoms with Crippen LogP contribution in [0, 0.1) is 0 Å². The molecule has 1 aliphatic carbocycles. The van der Waals surface area contributed by atoms with Crippen molar-refractivity contribution in [2.24, 2.45) is 5.73 Å². The molecule has 3 aromatic carbocycles. The summed E-state index contributed by atoms with van der Waals surface area (Å²) in [5.41, 5.74) is 11.8.